The molecule has 0 aliphatic rings. The molecule has 6 nitrogen and oxygen atoms in total. The number of hydrogen-bond donors (Lipinski definition) is 4. The van der Waals surface area contributed by atoms with Crippen molar-refractivity contribution >= 4 is 22.6 Å². The maximum atomic E-state index is 12.1. The van der Waals surface area contributed by atoms with Crippen molar-refractivity contribution in [2.75, 3.05) is 6.54 Å². The van der Waals surface area contributed by atoms with Crippen molar-refractivity contribution in [1.29, 1.82) is 0 Å². The molecule has 0 fully saturated rings. The van der Waals surface area contributed by atoms with Crippen LogP contribution < -0.4 is 16.8 Å². The molecule has 6 N–H and O–H groups in total. The first-order chi connectivity index (χ1) is 12.0. The number of carbonyl (C=O) groups excluding carboxylic acids is 1. The quantitative estimate of drug-likeness (QED) is 0.513. The van der Waals surface area contributed by atoms with E-state index in [-0.39, 0.29) is 6.42 Å². The van der Waals surface area contributed by atoms with Crippen molar-refractivity contribution in [1.82, 2.24) is 5.32 Å². The standard InChI is InChI=1S/C19H25N3O3/c20-10-4-3-7-16(21)18(23)22-17(19(24)25)12-13-8-9-14-5-1-2-6-15(14)11-13/h1-2,5-6,8-9,11,16-17H,3-4,7,10,12,20-21H2,(H,22,23)(H,24,25)/t16-,17-/m0/s1. The van der Waals surface area contributed by atoms with E-state index in [1.165, 1.54) is 0 Å². The van der Waals surface area contributed by atoms with Crippen LogP contribution in [0.15, 0.2) is 42.5 Å². The molecule has 0 unspecified atom stereocenters. The van der Waals surface area contributed by atoms with E-state index in [0.717, 1.165) is 29.2 Å². The molecule has 2 aromatic rings. The summed E-state index contributed by atoms with van der Waals surface area (Å²) >= 11 is 0. The zero-order valence-corrected chi connectivity index (χ0v) is 14.2. The molecule has 0 aliphatic heterocycles. The van der Waals surface area contributed by atoms with Gasteiger partial charge in [0.25, 0.3) is 0 Å². The van der Waals surface area contributed by atoms with Crippen molar-refractivity contribution in [2.24, 2.45) is 11.5 Å². The molecule has 2 aromatic carbocycles. The molecule has 2 atom stereocenters. The number of benzene rings is 2. The average Bonchev–Trinajstić information content (AvgIpc) is 2.61. The van der Waals surface area contributed by atoms with E-state index in [1.807, 2.05) is 42.5 Å². The van der Waals surface area contributed by atoms with Gasteiger partial charge in [-0.05, 0) is 35.7 Å². The molecule has 0 bridgehead atoms. The zero-order chi connectivity index (χ0) is 18.2. The van der Waals surface area contributed by atoms with Crippen molar-refractivity contribution in [3.63, 3.8) is 0 Å². The van der Waals surface area contributed by atoms with Crippen molar-refractivity contribution < 1.29 is 14.7 Å². The minimum absolute atomic E-state index is 0.210. The number of hydrogen-bond acceptors (Lipinski definition) is 4. The molecule has 0 radical (unpaired) electrons. The molecule has 0 spiro atoms. The lowest BCUT2D eigenvalue weighted by Gasteiger charge is -2.18. The summed E-state index contributed by atoms with van der Waals surface area (Å²) in [5.41, 5.74) is 12.1. The molecule has 134 valence electrons. The summed E-state index contributed by atoms with van der Waals surface area (Å²) in [6.07, 6.45) is 2.24. The van der Waals surface area contributed by atoms with E-state index < -0.39 is 24.0 Å². The first-order valence-electron chi connectivity index (χ1n) is 8.47. The highest BCUT2D eigenvalue weighted by Gasteiger charge is 2.23. The Balaban J connectivity index is 2.02. The van der Waals surface area contributed by atoms with Gasteiger partial charge in [0, 0.05) is 6.42 Å². The third-order valence-corrected chi connectivity index (χ3v) is 4.17. The number of carbonyl (C=O) groups is 2. The van der Waals surface area contributed by atoms with Crippen LogP contribution in [0.2, 0.25) is 0 Å². The Hall–Kier alpha value is -2.44. The van der Waals surface area contributed by atoms with Gasteiger partial charge in [-0.15, -0.1) is 0 Å². The molecule has 6 heteroatoms. The van der Waals surface area contributed by atoms with Crippen LogP contribution in [0.25, 0.3) is 10.8 Å². The van der Waals surface area contributed by atoms with Gasteiger partial charge < -0.3 is 21.9 Å². The molecule has 0 aromatic heterocycles. The topological polar surface area (TPSA) is 118 Å². The van der Waals surface area contributed by atoms with Crippen LogP contribution in [0.4, 0.5) is 0 Å². The highest BCUT2D eigenvalue weighted by molar-refractivity contribution is 5.87. The van der Waals surface area contributed by atoms with E-state index in [9.17, 15) is 14.7 Å². The van der Waals surface area contributed by atoms with Gasteiger partial charge in [-0.2, -0.15) is 0 Å². The second kappa shape index (κ2) is 9.15. The van der Waals surface area contributed by atoms with Crippen LogP contribution in [0, 0.1) is 0 Å². The fraction of sp³-hybridized carbons (Fsp3) is 0.368. The second-order valence-electron chi connectivity index (χ2n) is 6.18. The van der Waals surface area contributed by atoms with E-state index in [0.29, 0.717) is 13.0 Å². The average molecular weight is 343 g/mol. The minimum atomic E-state index is -1.07. The number of fused-ring (bicyclic) bond motifs is 1. The fourth-order valence-electron chi connectivity index (χ4n) is 2.72. The monoisotopic (exact) mass is 343 g/mol. The maximum absolute atomic E-state index is 12.1. The van der Waals surface area contributed by atoms with Crippen LogP contribution >= 0.6 is 0 Å². The highest BCUT2D eigenvalue weighted by atomic mass is 16.4. The minimum Gasteiger partial charge on any atom is -0.480 e. The highest BCUT2D eigenvalue weighted by Crippen LogP contribution is 2.17. The number of unbranched alkanes of at least 4 members (excludes halogenated alkanes) is 1. The van der Waals surface area contributed by atoms with Crippen LogP contribution in [0.5, 0.6) is 0 Å². The fourth-order valence-corrected chi connectivity index (χ4v) is 2.72. The Labute approximate surface area is 147 Å². The Morgan fingerprint density at radius 2 is 1.80 bits per heavy atom. The van der Waals surface area contributed by atoms with Gasteiger partial charge in [-0.25, -0.2) is 4.79 Å². The number of nitrogens with two attached hydrogens (primary N) is 2. The summed E-state index contributed by atoms with van der Waals surface area (Å²) in [5.74, 6) is -1.51. The summed E-state index contributed by atoms with van der Waals surface area (Å²) in [5, 5.41) is 14.1. The summed E-state index contributed by atoms with van der Waals surface area (Å²) in [4.78, 5) is 23.6. The maximum Gasteiger partial charge on any atom is 0.326 e. The zero-order valence-electron chi connectivity index (χ0n) is 14.2. The van der Waals surface area contributed by atoms with Gasteiger partial charge in [0.15, 0.2) is 0 Å². The summed E-state index contributed by atoms with van der Waals surface area (Å²) in [6, 6.07) is 11.9. The van der Waals surface area contributed by atoms with Crippen molar-refractivity contribution in [3.8, 4) is 0 Å². The smallest absolute Gasteiger partial charge is 0.326 e. The van der Waals surface area contributed by atoms with Gasteiger partial charge in [-0.1, -0.05) is 48.9 Å². The number of rotatable bonds is 9. The normalized spacial score (nSPS) is 13.4. The van der Waals surface area contributed by atoms with Crippen molar-refractivity contribution in [2.45, 2.75) is 37.8 Å². The van der Waals surface area contributed by atoms with E-state index in [4.69, 9.17) is 11.5 Å². The molecule has 0 saturated heterocycles. The lowest BCUT2D eigenvalue weighted by molar-refractivity contribution is -0.142. The number of nitrogens with one attached hydrogen (secondary N) is 1. The largest absolute Gasteiger partial charge is 0.480 e. The third kappa shape index (κ3) is 5.55. The number of carboxylic acid groups (broad SMARTS) is 1. The molecule has 1 amide bonds. The Kier molecular flexibility index (Phi) is 6.91. The number of amides is 1. The predicted molar refractivity (Wildman–Crippen MR) is 98.1 cm³/mol. The Morgan fingerprint density at radius 1 is 1.08 bits per heavy atom. The Bertz CT molecular complexity index is 733. The predicted octanol–water partition coefficient (Wildman–Crippen LogP) is 1.41. The molecular formula is C19H25N3O3. The molecule has 0 saturated carbocycles. The molecule has 25 heavy (non-hydrogen) atoms. The Morgan fingerprint density at radius 3 is 2.48 bits per heavy atom. The van der Waals surface area contributed by atoms with Gasteiger partial charge in [0.1, 0.15) is 6.04 Å². The van der Waals surface area contributed by atoms with E-state index in [2.05, 4.69) is 5.32 Å². The lowest BCUT2D eigenvalue weighted by Crippen LogP contribution is -2.49. The van der Waals surface area contributed by atoms with Gasteiger partial charge in [0.2, 0.25) is 5.91 Å². The van der Waals surface area contributed by atoms with Crippen LogP contribution in [0.1, 0.15) is 24.8 Å². The first kappa shape index (κ1) is 18.9. The third-order valence-electron chi connectivity index (χ3n) is 4.17. The van der Waals surface area contributed by atoms with Crippen molar-refractivity contribution in [3.05, 3.63) is 48.0 Å². The summed E-state index contributed by atoms with van der Waals surface area (Å²) < 4.78 is 0. The van der Waals surface area contributed by atoms with Crippen LogP contribution in [-0.2, 0) is 16.0 Å². The van der Waals surface area contributed by atoms with Gasteiger partial charge in [-0.3, -0.25) is 4.79 Å². The number of carboxylic acids is 1. The second-order valence-corrected chi connectivity index (χ2v) is 6.18. The first-order valence-corrected chi connectivity index (χ1v) is 8.47. The summed E-state index contributed by atoms with van der Waals surface area (Å²) in [7, 11) is 0. The molecule has 0 aliphatic carbocycles. The molecular weight excluding hydrogens is 318 g/mol. The van der Waals surface area contributed by atoms with Gasteiger partial charge >= 0.3 is 5.97 Å². The summed E-state index contributed by atoms with van der Waals surface area (Å²) in [6.45, 7) is 0.550. The van der Waals surface area contributed by atoms with E-state index in [1.54, 1.807) is 0 Å². The van der Waals surface area contributed by atoms with Gasteiger partial charge in [0.05, 0.1) is 6.04 Å². The lowest BCUT2D eigenvalue weighted by atomic mass is 10.0. The number of aliphatic carboxylic acids is 1. The van der Waals surface area contributed by atoms with Crippen LogP contribution in [-0.4, -0.2) is 35.6 Å². The SMILES string of the molecule is NCCCC[C@H](N)C(=O)N[C@@H](Cc1ccc2ccccc2c1)C(=O)O. The molecule has 2 rings (SSSR count). The van der Waals surface area contributed by atoms with E-state index >= 15 is 0 Å². The van der Waals surface area contributed by atoms with Crippen LogP contribution in [0.3, 0.4) is 0 Å². The molecule has 0 heterocycles.